The zero-order chi connectivity index (χ0) is 25.5. The molecule has 1 atom stereocenters. The Labute approximate surface area is 202 Å². The summed E-state index contributed by atoms with van der Waals surface area (Å²) in [5, 5.41) is 0.476. The average Bonchev–Trinajstić information content (AvgIpc) is 3.35. The summed E-state index contributed by atoms with van der Waals surface area (Å²) in [6.45, 7) is 1.46. The van der Waals surface area contributed by atoms with E-state index in [9.17, 15) is 26.4 Å². The number of benzene rings is 2. The van der Waals surface area contributed by atoms with Gasteiger partial charge in [-0.3, -0.25) is 9.36 Å². The average molecular weight is 524 g/mol. The molecule has 2 aromatic carbocycles. The number of nitrogens with two attached hydrogens (primary N) is 1. The van der Waals surface area contributed by atoms with Crippen molar-refractivity contribution in [3.63, 3.8) is 0 Å². The first kappa shape index (κ1) is 24.7. The number of carbonyl (C=O) groups is 1. The number of primary amides is 1. The van der Waals surface area contributed by atoms with Crippen LogP contribution in [-0.2, 0) is 21.8 Å². The second-order valence-electron chi connectivity index (χ2n) is 8.00. The van der Waals surface area contributed by atoms with Gasteiger partial charge in [0, 0.05) is 17.9 Å². The normalized spacial score (nSPS) is 13.2. The molecule has 4 aromatic rings. The molecule has 0 saturated carbocycles. The molecule has 0 saturated heterocycles. The van der Waals surface area contributed by atoms with Gasteiger partial charge in [-0.05, 0) is 30.7 Å². The summed E-state index contributed by atoms with van der Waals surface area (Å²) in [5.74, 6) is -0.916. The first-order chi connectivity index (χ1) is 16.3. The van der Waals surface area contributed by atoms with Crippen molar-refractivity contribution < 1.29 is 31.1 Å². The number of carbonyl (C=O) groups excluding carboxylic acids is 1. The van der Waals surface area contributed by atoms with Crippen LogP contribution in [0, 0.1) is 0 Å². The summed E-state index contributed by atoms with van der Waals surface area (Å²) >= 11 is 0.989. The summed E-state index contributed by atoms with van der Waals surface area (Å²) in [6, 6.07) is 11.6. The molecule has 7 nitrogen and oxygen atoms in total. The number of sulfone groups is 1. The molecule has 35 heavy (non-hydrogen) atoms. The Morgan fingerprint density at radius 1 is 1.20 bits per heavy atom. The van der Waals surface area contributed by atoms with Gasteiger partial charge >= 0.3 is 6.18 Å². The summed E-state index contributed by atoms with van der Waals surface area (Å²) in [7, 11) is -3.26. The third-order valence-corrected chi connectivity index (χ3v) is 7.18. The molecular weight excluding hydrogens is 503 g/mol. The maximum absolute atomic E-state index is 13.5. The van der Waals surface area contributed by atoms with Crippen LogP contribution < -0.4 is 10.5 Å². The Kier molecular flexibility index (Phi) is 6.36. The van der Waals surface area contributed by atoms with E-state index in [-0.39, 0.29) is 21.9 Å². The number of nitrogens with zero attached hydrogens (tertiary/aromatic N) is 2. The lowest BCUT2D eigenvalue weighted by Gasteiger charge is -2.19. The maximum Gasteiger partial charge on any atom is 0.416 e. The zero-order valence-electron chi connectivity index (χ0n) is 18.5. The maximum atomic E-state index is 13.5. The van der Waals surface area contributed by atoms with Crippen molar-refractivity contribution in [2.24, 2.45) is 5.73 Å². The minimum absolute atomic E-state index is 0.0329. The highest BCUT2D eigenvalue weighted by molar-refractivity contribution is 7.89. The Morgan fingerprint density at radius 2 is 1.91 bits per heavy atom. The SMILES string of the molecule is CC(Oc1cc(-n2cnc3ccc(CS(C)(=O)=O)cc32)sc1C(N)=O)c1ccccc1C(F)(F)F. The first-order valence-corrected chi connectivity index (χ1v) is 13.1. The fourth-order valence-corrected chi connectivity index (χ4v) is 5.44. The molecule has 1 amide bonds. The van der Waals surface area contributed by atoms with Crippen LogP contribution in [-0.4, -0.2) is 30.1 Å². The molecule has 2 aromatic heterocycles. The smallest absolute Gasteiger partial charge is 0.416 e. The van der Waals surface area contributed by atoms with Gasteiger partial charge < -0.3 is 10.5 Å². The van der Waals surface area contributed by atoms with Crippen LogP contribution in [0.15, 0.2) is 54.9 Å². The van der Waals surface area contributed by atoms with E-state index in [1.165, 1.54) is 37.5 Å². The highest BCUT2D eigenvalue weighted by Gasteiger charge is 2.35. The monoisotopic (exact) mass is 523 g/mol. The van der Waals surface area contributed by atoms with E-state index in [0.717, 1.165) is 23.7 Å². The molecule has 0 aliphatic rings. The van der Waals surface area contributed by atoms with Crippen LogP contribution in [0.4, 0.5) is 13.2 Å². The highest BCUT2D eigenvalue weighted by Crippen LogP contribution is 2.39. The predicted octanol–water partition coefficient (Wildman–Crippen LogP) is 4.89. The van der Waals surface area contributed by atoms with E-state index in [4.69, 9.17) is 10.5 Å². The molecule has 0 aliphatic carbocycles. The Hall–Kier alpha value is -3.38. The number of ether oxygens (including phenoxy) is 1. The summed E-state index contributed by atoms with van der Waals surface area (Å²) in [5.41, 5.74) is 6.34. The molecule has 184 valence electrons. The lowest BCUT2D eigenvalue weighted by Crippen LogP contribution is -2.15. The summed E-state index contributed by atoms with van der Waals surface area (Å²) < 4.78 is 71.2. The highest BCUT2D eigenvalue weighted by atomic mass is 32.2. The number of alkyl halides is 3. The molecule has 0 fully saturated rings. The van der Waals surface area contributed by atoms with E-state index < -0.39 is 33.6 Å². The van der Waals surface area contributed by atoms with Gasteiger partial charge in [0.1, 0.15) is 28.1 Å². The number of amides is 1. The van der Waals surface area contributed by atoms with Crippen LogP contribution in [0.25, 0.3) is 16.0 Å². The van der Waals surface area contributed by atoms with Gasteiger partial charge in [0.15, 0.2) is 9.84 Å². The zero-order valence-corrected chi connectivity index (χ0v) is 20.2. The van der Waals surface area contributed by atoms with Gasteiger partial charge in [0.05, 0.1) is 22.3 Å². The number of hydrogen-bond acceptors (Lipinski definition) is 6. The standard InChI is InChI=1S/C23H20F3N3O4S2/c1-13(15-5-3-4-6-16(15)23(24,25)26)33-19-10-20(34-21(19)22(27)30)29-12-28-17-8-7-14(9-18(17)29)11-35(2,31)32/h3-10,12-13H,11H2,1-2H3,(H2,27,30). The van der Waals surface area contributed by atoms with Gasteiger partial charge in [0.2, 0.25) is 0 Å². The predicted molar refractivity (Wildman–Crippen MR) is 126 cm³/mol. The molecule has 4 rings (SSSR count). The third kappa shape index (κ3) is 5.33. The lowest BCUT2D eigenvalue weighted by atomic mass is 10.0. The number of halogens is 3. The fraction of sp³-hybridized carbons (Fsp3) is 0.217. The van der Waals surface area contributed by atoms with E-state index in [2.05, 4.69) is 4.98 Å². The van der Waals surface area contributed by atoms with Crippen LogP contribution in [0.2, 0.25) is 0 Å². The van der Waals surface area contributed by atoms with E-state index in [1.807, 2.05) is 0 Å². The largest absolute Gasteiger partial charge is 0.484 e. The van der Waals surface area contributed by atoms with E-state index in [0.29, 0.717) is 21.6 Å². The van der Waals surface area contributed by atoms with Crippen molar-refractivity contribution in [2.75, 3.05) is 6.26 Å². The van der Waals surface area contributed by atoms with Crippen molar-refractivity contribution in [3.8, 4) is 10.8 Å². The molecule has 2 heterocycles. The molecular formula is C23H20F3N3O4S2. The molecule has 0 aliphatic heterocycles. The Balaban J connectivity index is 1.73. The number of hydrogen-bond donors (Lipinski definition) is 1. The van der Waals surface area contributed by atoms with Gasteiger partial charge in [-0.25, -0.2) is 13.4 Å². The topological polar surface area (TPSA) is 104 Å². The van der Waals surface area contributed by atoms with Crippen LogP contribution in [0.1, 0.15) is 39.4 Å². The molecule has 0 bridgehead atoms. The molecule has 12 heteroatoms. The molecule has 1 unspecified atom stereocenters. The van der Waals surface area contributed by atoms with Gasteiger partial charge in [-0.2, -0.15) is 13.2 Å². The lowest BCUT2D eigenvalue weighted by molar-refractivity contribution is -0.139. The van der Waals surface area contributed by atoms with Crippen molar-refractivity contribution in [3.05, 3.63) is 76.4 Å². The minimum Gasteiger partial charge on any atom is -0.484 e. The summed E-state index contributed by atoms with van der Waals surface area (Å²) in [6.07, 6.45) is -2.97. The van der Waals surface area contributed by atoms with Crippen molar-refractivity contribution >= 4 is 38.1 Å². The number of thiophene rings is 1. The molecule has 0 spiro atoms. The third-order valence-electron chi connectivity index (χ3n) is 5.19. The molecule has 2 N–H and O–H groups in total. The first-order valence-electron chi connectivity index (χ1n) is 10.2. The Morgan fingerprint density at radius 3 is 2.57 bits per heavy atom. The Bertz CT molecular complexity index is 1520. The van der Waals surface area contributed by atoms with Crippen molar-refractivity contribution in [2.45, 2.75) is 25.0 Å². The van der Waals surface area contributed by atoms with E-state index >= 15 is 0 Å². The quantitative estimate of drug-likeness (QED) is 0.372. The number of aromatic nitrogens is 2. The summed E-state index contributed by atoms with van der Waals surface area (Å²) in [4.78, 5) is 16.4. The number of fused-ring (bicyclic) bond motifs is 1. The molecule has 0 radical (unpaired) electrons. The van der Waals surface area contributed by atoms with E-state index in [1.54, 1.807) is 22.8 Å². The van der Waals surface area contributed by atoms with Gasteiger partial charge in [-0.15, -0.1) is 11.3 Å². The van der Waals surface area contributed by atoms with Crippen molar-refractivity contribution in [1.82, 2.24) is 9.55 Å². The van der Waals surface area contributed by atoms with Crippen LogP contribution in [0.5, 0.6) is 5.75 Å². The number of imidazole rings is 1. The number of rotatable bonds is 7. The van der Waals surface area contributed by atoms with Crippen LogP contribution in [0.3, 0.4) is 0 Å². The van der Waals surface area contributed by atoms with Gasteiger partial charge in [-0.1, -0.05) is 24.3 Å². The second kappa shape index (κ2) is 9.00. The second-order valence-corrected chi connectivity index (χ2v) is 11.2. The van der Waals surface area contributed by atoms with Gasteiger partial charge in [0.25, 0.3) is 5.91 Å². The van der Waals surface area contributed by atoms with Crippen molar-refractivity contribution in [1.29, 1.82) is 0 Å². The van der Waals surface area contributed by atoms with Crippen LogP contribution >= 0.6 is 11.3 Å². The minimum atomic E-state index is -4.57. The fourth-order valence-electron chi connectivity index (χ4n) is 3.73.